The van der Waals surface area contributed by atoms with Crippen LogP contribution in [0.1, 0.15) is 17.2 Å². The van der Waals surface area contributed by atoms with E-state index in [1.54, 1.807) is 0 Å². The zero-order valence-corrected chi connectivity index (χ0v) is 19.1. The molecule has 33 heavy (non-hydrogen) atoms. The molecule has 0 spiro atoms. The Morgan fingerprint density at radius 3 is 1.91 bits per heavy atom. The van der Waals surface area contributed by atoms with Crippen molar-refractivity contribution in [3.8, 4) is 0 Å². The summed E-state index contributed by atoms with van der Waals surface area (Å²) in [5, 5.41) is 11.7. The van der Waals surface area contributed by atoms with Crippen LogP contribution in [0.25, 0.3) is 0 Å². The van der Waals surface area contributed by atoms with Crippen LogP contribution in [0.15, 0.2) is 83.8 Å². The van der Waals surface area contributed by atoms with Crippen molar-refractivity contribution >= 4 is 21.4 Å². The standard InChI is InChI=1S/C24H26N4O4S/c1-25-33(31,32)21-12-13-22(23(18-21)28(29)30)26-14-16-27(17-15-26)24(19-8-4-2-5-9-19)20-10-6-3-7-11-20/h2-13,18,24-25H,14-17H2,1H3. The molecule has 1 N–H and O–H groups in total. The second-order valence-corrected chi connectivity index (χ2v) is 9.75. The summed E-state index contributed by atoms with van der Waals surface area (Å²) in [5.74, 6) is 0. The minimum absolute atomic E-state index is 0.0904. The molecule has 1 saturated heterocycles. The van der Waals surface area contributed by atoms with Gasteiger partial charge in [-0.2, -0.15) is 0 Å². The fourth-order valence-corrected chi connectivity index (χ4v) is 5.06. The molecule has 0 aliphatic carbocycles. The van der Waals surface area contributed by atoms with Crippen molar-refractivity contribution < 1.29 is 13.3 Å². The van der Waals surface area contributed by atoms with Gasteiger partial charge in [0.1, 0.15) is 5.69 Å². The topological polar surface area (TPSA) is 95.8 Å². The molecule has 1 heterocycles. The first-order valence-electron chi connectivity index (χ1n) is 10.7. The normalized spacial score (nSPS) is 15.0. The van der Waals surface area contributed by atoms with Gasteiger partial charge < -0.3 is 4.90 Å². The number of anilines is 1. The third-order valence-corrected chi connectivity index (χ3v) is 7.39. The van der Waals surface area contributed by atoms with Crippen LogP contribution in [0.4, 0.5) is 11.4 Å². The number of nitrogens with zero attached hydrogens (tertiary/aromatic N) is 3. The van der Waals surface area contributed by atoms with Gasteiger partial charge in [-0.05, 0) is 30.3 Å². The maximum Gasteiger partial charge on any atom is 0.293 e. The molecule has 1 aliphatic heterocycles. The second kappa shape index (κ2) is 9.70. The molecule has 1 fully saturated rings. The molecule has 1 aliphatic rings. The summed E-state index contributed by atoms with van der Waals surface area (Å²) < 4.78 is 26.4. The van der Waals surface area contributed by atoms with Crippen molar-refractivity contribution in [2.45, 2.75) is 10.9 Å². The molecule has 0 saturated carbocycles. The van der Waals surface area contributed by atoms with Crippen LogP contribution in [0.3, 0.4) is 0 Å². The van der Waals surface area contributed by atoms with Gasteiger partial charge in [0.25, 0.3) is 5.69 Å². The molecule has 4 rings (SSSR count). The average Bonchev–Trinajstić information content (AvgIpc) is 2.85. The highest BCUT2D eigenvalue weighted by molar-refractivity contribution is 7.89. The number of nitro benzene ring substituents is 1. The van der Waals surface area contributed by atoms with E-state index in [-0.39, 0.29) is 16.6 Å². The van der Waals surface area contributed by atoms with E-state index < -0.39 is 14.9 Å². The van der Waals surface area contributed by atoms with E-state index in [9.17, 15) is 18.5 Å². The number of sulfonamides is 1. The van der Waals surface area contributed by atoms with Gasteiger partial charge in [0.05, 0.1) is 15.9 Å². The maximum absolute atomic E-state index is 12.1. The number of nitrogens with one attached hydrogen (secondary N) is 1. The molecule has 0 bridgehead atoms. The molecule has 0 atom stereocenters. The van der Waals surface area contributed by atoms with E-state index in [1.807, 2.05) is 41.3 Å². The van der Waals surface area contributed by atoms with Crippen LogP contribution in [-0.2, 0) is 10.0 Å². The lowest BCUT2D eigenvalue weighted by atomic mass is 9.96. The van der Waals surface area contributed by atoms with E-state index in [0.717, 1.165) is 6.07 Å². The van der Waals surface area contributed by atoms with Crippen LogP contribution in [0.2, 0.25) is 0 Å². The Morgan fingerprint density at radius 1 is 0.879 bits per heavy atom. The van der Waals surface area contributed by atoms with Crippen molar-refractivity contribution in [2.75, 3.05) is 38.1 Å². The largest absolute Gasteiger partial charge is 0.363 e. The first kappa shape index (κ1) is 22.9. The summed E-state index contributed by atoms with van der Waals surface area (Å²) >= 11 is 0. The molecule has 0 unspecified atom stereocenters. The summed E-state index contributed by atoms with van der Waals surface area (Å²) in [6.45, 7) is 2.61. The summed E-state index contributed by atoms with van der Waals surface area (Å²) in [6.07, 6.45) is 0. The van der Waals surface area contributed by atoms with Crippen LogP contribution >= 0.6 is 0 Å². The monoisotopic (exact) mass is 466 g/mol. The molecule has 3 aromatic rings. The third-order valence-electron chi connectivity index (χ3n) is 5.97. The number of piperazine rings is 1. The zero-order chi connectivity index (χ0) is 23.4. The average molecular weight is 467 g/mol. The minimum atomic E-state index is -3.76. The molecule has 172 valence electrons. The van der Waals surface area contributed by atoms with E-state index in [0.29, 0.717) is 31.9 Å². The number of hydrogen-bond acceptors (Lipinski definition) is 6. The lowest BCUT2D eigenvalue weighted by molar-refractivity contribution is -0.384. The van der Waals surface area contributed by atoms with Gasteiger partial charge in [-0.1, -0.05) is 60.7 Å². The number of hydrogen-bond donors (Lipinski definition) is 1. The molecular formula is C24H26N4O4S. The second-order valence-electron chi connectivity index (χ2n) is 7.86. The summed E-state index contributed by atoms with van der Waals surface area (Å²) in [5.41, 5.74) is 2.63. The Morgan fingerprint density at radius 2 is 1.42 bits per heavy atom. The quantitative estimate of drug-likeness (QED) is 0.423. The van der Waals surface area contributed by atoms with Gasteiger partial charge in [0, 0.05) is 32.2 Å². The van der Waals surface area contributed by atoms with Gasteiger partial charge in [-0.3, -0.25) is 15.0 Å². The van der Waals surface area contributed by atoms with Crippen LogP contribution in [0.5, 0.6) is 0 Å². The van der Waals surface area contributed by atoms with Gasteiger partial charge in [-0.15, -0.1) is 0 Å². The highest BCUT2D eigenvalue weighted by Gasteiger charge is 2.30. The summed E-state index contributed by atoms with van der Waals surface area (Å²) in [7, 11) is -2.48. The van der Waals surface area contributed by atoms with E-state index in [1.165, 1.54) is 30.3 Å². The Hall–Kier alpha value is -3.27. The Labute approximate surface area is 193 Å². The molecular weight excluding hydrogens is 440 g/mol. The fourth-order valence-electron chi connectivity index (χ4n) is 4.31. The first-order chi connectivity index (χ1) is 15.9. The van der Waals surface area contributed by atoms with Crippen LogP contribution in [-0.4, -0.2) is 51.5 Å². The number of nitro groups is 1. The van der Waals surface area contributed by atoms with E-state index in [2.05, 4.69) is 33.9 Å². The number of benzene rings is 3. The van der Waals surface area contributed by atoms with Crippen molar-refractivity contribution in [3.05, 3.63) is 100 Å². The van der Waals surface area contributed by atoms with Crippen LogP contribution in [0, 0.1) is 10.1 Å². The first-order valence-corrected chi connectivity index (χ1v) is 12.2. The Balaban J connectivity index is 1.59. The highest BCUT2D eigenvalue weighted by Crippen LogP contribution is 2.34. The maximum atomic E-state index is 12.1. The minimum Gasteiger partial charge on any atom is -0.363 e. The molecule has 0 amide bonds. The van der Waals surface area contributed by atoms with Crippen molar-refractivity contribution in [1.29, 1.82) is 0 Å². The zero-order valence-electron chi connectivity index (χ0n) is 18.3. The highest BCUT2D eigenvalue weighted by atomic mass is 32.2. The van der Waals surface area contributed by atoms with Gasteiger partial charge in [-0.25, -0.2) is 13.1 Å². The molecule has 3 aromatic carbocycles. The molecule has 8 nitrogen and oxygen atoms in total. The predicted molar refractivity (Wildman–Crippen MR) is 128 cm³/mol. The Kier molecular flexibility index (Phi) is 6.73. The van der Waals surface area contributed by atoms with E-state index in [4.69, 9.17) is 0 Å². The smallest absolute Gasteiger partial charge is 0.293 e. The summed E-state index contributed by atoms with van der Waals surface area (Å²) in [6, 6.07) is 24.8. The van der Waals surface area contributed by atoms with Crippen molar-refractivity contribution in [2.24, 2.45) is 0 Å². The van der Waals surface area contributed by atoms with E-state index >= 15 is 0 Å². The SMILES string of the molecule is CNS(=O)(=O)c1ccc(N2CCN(C(c3ccccc3)c3ccccc3)CC2)c([N+](=O)[O-])c1. The van der Waals surface area contributed by atoms with Crippen molar-refractivity contribution in [1.82, 2.24) is 9.62 Å². The fraction of sp³-hybridized carbons (Fsp3) is 0.250. The Bertz CT molecular complexity index is 1170. The lowest BCUT2D eigenvalue weighted by Crippen LogP contribution is -2.48. The predicted octanol–water partition coefficient (Wildman–Crippen LogP) is 3.41. The van der Waals surface area contributed by atoms with Gasteiger partial charge in [0.2, 0.25) is 10.0 Å². The van der Waals surface area contributed by atoms with Crippen LogP contribution < -0.4 is 9.62 Å². The van der Waals surface area contributed by atoms with Gasteiger partial charge in [0.15, 0.2) is 0 Å². The summed E-state index contributed by atoms with van der Waals surface area (Å²) in [4.78, 5) is 15.4. The molecule has 0 aromatic heterocycles. The lowest BCUT2D eigenvalue weighted by Gasteiger charge is -2.40. The van der Waals surface area contributed by atoms with Crippen molar-refractivity contribution in [3.63, 3.8) is 0 Å². The molecule has 9 heteroatoms. The van der Waals surface area contributed by atoms with Gasteiger partial charge >= 0.3 is 0 Å². The number of rotatable bonds is 7. The third kappa shape index (κ3) is 4.90. The molecule has 0 radical (unpaired) electrons.